The number of nitrogens with zero attached hydrogens (tertiary/aromatic N) is 2. The van der Waals surface area contributed by atoms with Crippen LogP contribution in [0.2, 0.25) is 0 Å². The molecular formula is C30H44N4O8S. The Kier molecular flexibility index (Phi) is 13.5. The second kappa shape index (κ2) is 16.8. The van der Waals surface area contributed by atoms with E-state index in [1.807, 2.05) is 57.5 Å². The first-order chi connectivity index (χ1) is 20.5. The second-order valence-corrected chi connectivity index (χ2v) is 12.3. The van der Waals surface area contributed by atoms with Crippen molar-refractivity contribution in [3.63, 3.8) is 0 Å². The largest absolute Gasteiger partial charge is 0.394 e. The summed E-state index contributed by atoms with van der Waals surface area (Å²) in [7, 11) is 0. The molecule has 0 bridgehead atoms. The molecule has 0 saturated carbocycles. The quantitative estimate of drug-likeness (QED) is 0.203. The number of carbonyl (C=O) groups excluding carboxylic acids is 3. The van der Waals surface area contributed by atoms with Gasteiger partial charge in [0.05, 0.1) is 61.8 Å². The van der Waals surface area contributed by atoms with Crippen LogP contribution in [0.1, 0.15) is 38.4 Å². The van der Waals surface area contributed by atoms with Gasteiger partial charge in [-0.25, -0.2) is 4.98 Å². The van der Waals surface area contributed by atoms with Crippen LogP contribution < -0.4 is 10.6 Å². The minimum Gasteiger partial charge on any atom is -0.394 e. The van der Waals surface area contributed by atoms with E-state index in [0.29, 0.717) is 13.2 Å². The van der Waals surface area contributed by atoms with Crippen LogP contribution in [0.3, 0.4) is 0 Å². The highest BCUT2D eigenvalue weighted by Crippen LogP contribution is 2.28. The van der Waals surface area contributed by atoms with Crippen molar-refractivity contribution in [1.82, 2.24) is 20.5 Å². The van der Waals surface area contributed by atoms with Gasteiger partial charge >= 0.3 is 0 Å². The third kappa shape index (κ3) is 10.6. The van der Waals surface area contributed by atoms with E-state index in [1.165, 1.54) is 4.90 Å². The minimum atomic E-state index is -0.938. The van der Waals surface area contributed by atoms with Crippen molar-refractivity contribution in [3.05, 3.63) is 41.0 Å². The summed E-state index contributed by atoms with van der Waals surface area (Å²) in [5, 5.41) is 24.7. The number of benzene rings is 1. The molecule has 0 aliphatic carbocycles. The van der Waals surface area contributed by atoms with Crippen molar-refractivity contribution in [1.29, 1.82) is 0 Å². The van der Waals surface area contributed by atoms with Crippen LogP contribution in [0.25, 0.3) is 10.4 Å². The average Bonchev–Trinajstić information content (AvgIpc) is 3.58. The van der Waals surface area contributed by atoms with Crippen LogP contribution in [0.4, 0.5) is 0 Å². The maximum absolute atomic E-state index is 13.7. The number of nitrogens with one attached hydrogen (secondary N) is 2. The topological polar surface area (TPSA) is 160 Å². The number of likely N-dealkylation sites (tertiary alicyclic amines) is 1. The fourth-order valence-corrected chi connectivity index (χ4v) is 5.46. The molecule has 12 nitrogen and oxygen atoms in total. The summed E-state index contributed by atoms with van der Waals surface area (Å²) in [6.07, 6.45) is -0.740. The molecule has 13 heteroatoms. The molecular weight excluding hydrogens is 576 g/mol. The lowest BCUT2D eigenvalue weighted by Gasteiger charge is -2.35. The van der Waals surface area contributed by atoms with Crippen LogP contribution in [0, 0.1) is 12.3 Å². The predicted octanol–water partition coefficient (Wildman–Crippen LogP) is 1.27. The molecule has 0 radical (unpaired) electrons. The first-order valence-electron chi connectivity index (χ1n) is 14.4. The number of thiazole rings is 1. The van der Waals surface area contributed by atoms with E-state index in [2.05, 4.69) is 15.6 Å². The number of rotatable bonds is 16. The highest BCUT2D eigenvalue weighted by Gasteiger charge is 2.44. The average molecular weight is 621 g/mol. The number of ether oxygens (including phenoxy) is 3. The highest BCUT2D eigenvalue weighted by atomic mass is 32.1. The van der Waals surface area contributed by atoms with E-state index in [0.717, 1.165) is 21.7 Å². The lowest BCUT2D eigenvalue weighted by molar-refractivity contribution is -0.144. The molecule has 3 rings (SSSR count). The molecule has 1 aromatic heterocycles. The molecule has 1 fully saturated rings. The van der Waals surface area contributed by atoms with Gasteiger partial charge in [-0.1, -0.05) is 45.0 Å². The number of β-amino-alcohol motifs (C(OH)–C–C–N with tert-alkyl or cyclic N) is 1. The predicted molar refractivity (Wildman–Crippen MR) is 161 cm³/mol. The van der Waals surface area contributed by atoms with Gasteiger partial charge in [0.1, 0.15) is 18.7 Å². The van der Waals surface area contributed by atoms with Crippen molar-refractivity contribution >= 4 is 29.1 Å². The number of aliphatic hydroxyl groups is 2. The zero-order valence-corrected chi connectivity index (χ0v) is 26.2. The van der Waals surface area contributed by atoms with Gasteiger partial charge < -0.3 is 40.0 Å². The van der Waals surface area contributed by atoms with E-state index in [1.54, 1.807) is 11.3 Å². The van der Waals surface area contributed by atoms with Crippen LogP contribution in [-0.2, 0) is 35.1 Å². The first-order valence-corrected chi connectivity index (χ1v) is 15.3. The van der Waals surface area contributed by atoms with Gasteiger partial charge in [0.15, 0.2) is 0 Å². The van der Waals surface area contributed by atoms with E-state index in [-0.39, 0.29) is 58.5 Å². The number of amides is 3. The van der Waals surface area contributed by atoms with Crippen LogP contribution in [-0.4, -0.2) is 109 Å². The monoisotopic (exact) mass is 620 g/mol. The van der Waals surface area contributed by atoms with E-state index in [9.17, 15) is 19.5 Å². The van der Waals surface area contributed by atoms with Gasteiger partial charge in [-0.3, -0.25) is 14.4 Å². The van der Waals surface area contributed by atoms with E-state index in [4.69, 9.17) is 19.3 Å². The Labute approximate surface area is 256 Å². The third-order valence-corrected chi connectivity index (χ3v) is 7.90. The smallest absolute Gasteiger partial charge is 0.246 e. The van der Waals surface area contributed by atoms with Crippen LogP contribution in [0.15, 0.2) is 29.8 Å². The molecule has 1 saturated heterocycles. The number of aliphatic hydroxyl groups excluding tert-OH is 2. The third-order valence-electron chi connectivity index (χ3n) is 6.92. The standard InChI is InChI=1S/C30H44N4O8S/c1-20-26(43-19-32-20)22-7-5-21(6-8-22)16-31-28(38)24-15-23(36)17-34(24)29(39)27(30(2,3)4)33-25(37)18-42-14-13-41-12-11-40-10-9-35/h5-8,19,23-24,27,35-36H,9-18H2,1-4H3,(H,31,38)(H,33,37)/t23-,24+,27-/m1/s1. The van der Waals surface area contributed by atoms with Crippen molar-refractivity contribution in [2.75, 3.05) is 52.8 Å². The van der Waals surface area contributed by atoms with E-state index < -0.39 is 35.4 Å². The molecule has 0 unspecified atom stereocenters. The van der Waals surface area contributed by atoms with Gasteiger partial charge in [0.25, 0.3) is 0 Å². The first kappa shape index (κ1) is 34.5. The maximum atomic E-state index is 13.7. The second-order valence-electron chi connectivity index (χ2n) is 11.4. The lowest BCUT2D eigenvalue weighted by atomic mass is 9.85. The van der Waals surface area contributed by atoms with Crippen molar-refractivity contribution in [2.45, 2.75) is 58.8 Å². The Morgan fingerprint density at radius 3 is 2.33 bits per heavy atom. The van der Waals surface area contributed by atoms with Crippen molar-refractivity contribution < 1.29 is 38.8 Å². The fourth-order valence-electron chi connectivity index (χ4n) is 4.65. The molecule has 3 atom stereocenters. The summed E-state index contributed by atoms with van der Waals surface area (Å²) in [4.78, 5) is 46.3. The molecule has 0 spiro atoms. The van der Waals surface area contributed by atoms with Gasteiger partial charge in [0.2, 0.25) is 17.7 Å². The summed E-state index contributed by atoms with van der Waals surface area (Å²) in [6.45, 7) is 8.75. The van der Waals surface area contributed by atoms with Crippen molar-refractivity contribution in [3.8, 4) is 10.4 Å². The highest BCUT2D eigenvalue weighted by molar-refractivity contribution is 7.13. The number of hydrogen-bond acceptors (Lipinski definition) is 10. The summed E-state index contributed by atoms with van der Waals surface area (Å²) in [6, 6.07) is 6.05. The normalized spacial score (nSPS) is 17.6. The molecule has 238 valence electrons. The number of aromatic nitrogens is 1. The molecule has 1 aliphatic heterocycles. The molecule has 3 amide bonds. The SMILES string of the molecule is Cc1ncsc1-c1ccc(CNC(=O)[C@@H]2C[C@@H](O)CN2C(=O)[C@@H](NC(=O)COCCOCCOCCO)C(C)(C)C)cc1. The molecule has 43 heavy (non-hydrogen) atoms. The minimum absolute atomic E-state index is 0.00186. The fraction of sp³-hybridized carbons (Fsp3) is 0.600. The summed E-state index contributed by atoms with van der Waals surface area (Å²) in [5.41, 5.74) is 4.06. The van der Waals surface area contributed by atoms with Crippen LogP contribution >= 0.6 is 11.3 Å². The Morgan fingerprint density at radius 2 is 1.72 bits per heavy atom. The summed E-state index contributed by atoms with van der Waals surface area (Å²) in [5.74, 6) is -1.28. The van der Waals surface area contributed by atoms with Crippen LogP contribution in [0.5, 0.6) is 0 Å². The molecule has 2 heterocycles. The number of hydrogen-bond donors (Lipinski definition) is 4. The van der Waals surface area contributed by atoms with Gasteiger partial charge in [-0.05, 0) is 23.5 Å². The maximum Gasteiger partial charge on any atom is 0.246 e. The van der Waals surface area contributed by atoms with Gasteiger partial charge in [0, 0.05) is 19.5 Å². The molecule has 4 N–H and O–H groups in total. The zero-order chi connectivity index (χ0) is 31.4. The van der Waals surface area contributed by atoms with Gasteiger partial charge in [-0.2, -0.15) is 0 Å². The van der Waals surface area contributed by atoms with Gasteiger partial charge in [-0.15, -0.1) is 11.3 Å². The Balaban J connectivity index is 1.52. The Bertz CT molecular complexity index is 1180. The zero-order valence-electron chi connectivity index (χ0n) is 25.3. The Morgan fingerprint density at radius 1 is 1.07 bits per heavy atom. The lowest BCUT2D eigenvalue weighted by Crippen LogP contribution is -2.58. The molecule has 2 aromatic rings. The van der Waals surface area contributed by atoms with Crippen molar-refractivity contribution in [2.24, 2.45) is 5.41 Å². The van der Waals surface area contributed by atoms with E-state index >= 15 is 0 Å². The number of carbonyl (C=O) groups is 3. The Hall–Kier alpha value is -2.94. The molecule has 1 aromatic carbocycles. The molecule has 1 aliphatic rings. The number of aryl methyl sites for hydroxylation is 1. The summed E-state index contributed by atoms with van der Waals surface area (Å²) >= 11 is 1.57. The summed E-state index contributed by atoms with van der Waals surface area (Å²) < 4.78 is 15.8.